The molecule has 0 aromatic rings. The SMILES string of the molecule is C=CCC(C)NCCC(=O)OC(C)(C)C. The molecule has 0 heterocycles. The van der Waals surface area contributed by atoms with E-state index in [0.717, 1.165) is 6.42 Å². The van der Waals surface area contributed by atoms with Gasteiger partial charge >= 0.3 is 5.97 Å². The van der Waals surface area contributed by atoms with Gasteiger partial charge < -0.3 is 10.1 Å². The van der Waals surface area contributed by atoms with Gasteiger partial charge in [0.05, 0.1) is 6.42 Å². The topological polar surface area (TPSA) is 38.3 Å². The summed E-state index contributed by atoms with van der Waals surface area (Å²) in [7, 11) is 0. The third kappa shape index (κ3) is 9.47. The number of rotatable bonds is 6. The first-order chi connectivity index (χ1) is 6.85. The summed E-state index contributed by atoms with van der Waals surface area (Å²) in [6, 6.07) is 0.366. The Hall–Kier alpha value is -0.830. The van der Waals surface area contributed by atoms with E-state index in [2.05, 4.69) is 18.8 Å². The van der Waals surface area contributed by atoms with Gasteiger partial charge in [0.2, 0.25) is 0 Å². The van der Waals surface area contributed by atoms with Crippen LogP contribution >= 0.6 is 0 Å². The van der Waals surface area contributed by atoms with Crippen LogP contribution in [0.1, 0.15) is 40.5 Å². The second kappa shape index (κ2) is 6.62. The average molecular weight is 213 g/mol. The number of carbonyl (C=O) groups excluding carboxylic acids is 1. The van der Waals surface area contributed by atoms with Crippen molar-refractivity contribution in [2.45, 2.75) is 52.2 Å². The van der Waals surface area contributed by atoms with Crippen LogP contribution in [-0.4, -0.2) is 24.2 Å². The zero-order valence-corrected chi connectivity index (χ0v) is 10.3. The number of hydrogen-bond donors (Lipinski definition) is 1. The van der Waals surface area contributed by atoms with E-state index in [1.807, 2.05) is 26.8 Å². The molecule has 0 amide bonds. The largest absolute Gasteiger partial charge is 0.460 e. The van der Waals surface area contributed by atoms with Gasteiger partial charge in [-0.05, 0) is 34.1 Å². The predicted octanol–water partition coefficient (Wildman–Crippen LogP) is 2.27. The summed E-state index contributed by atoms with van der Waals surface area (Å²) >= 11 is 0. The molecule has 0 fully saturated rings. The summed E-state index contributed by atoms with van der Waals surface area (Å²) < 4.78 is 5.18. The van der Waals surface area contributed by atoms with Crippen LogP contribution in [0.4, 0.5) is 0 Å². The van der Waals surface area contributed by atoms with Gasteiger partial charge in [0.25, 0.3) is 0 Å². The lowest BCUT2D eigenvalue weighted by Crippen LogP contribution is -2.30. The van der Waals surface area contributed by atoms with Gasteiger partial charge in [0.1, 0.15) is 5.60 Å². The highest BCUT2D eigenvalue weighted by Gasteiger charge is 2.15. The van der Waals surface area contributed by atoms with Crippen LogP contribution in [0.5, 0.6) is 0 Å². The van der Waals surface area contributed by atoms with Crippen molar-refractivity contribution in [3.8, 4) is 0 Å². The van der Waals surface area contributed by atoms with Crippen LogP contribution in [-0.2, 0) is 9.53 Å². The molecule has 1 unspecified atom stereocenters. The summed E-state index contributed by atoms with van der Waals surface area (Å²) in [4.78, 5) is 11.3. The van der Waals surface area contributed by atoms with Crippen molar-refractivity contribution in [2.75, 3.05) is 6.54 Å². The molecule has 0 saturated heterocycles. The van der Waals surface area contributed by atoms with Crippen molar-refractivity contribution in [3.05, 3.63) is 12.7 Å². The van der Waals surface area contributed by atoms with Crippen molar-refractivity contribution in [1.29, 1.82) is 0 Å². The summed E-state index contributed by atoms with van der Waals surface area (Å²) in [5, 5.41) is 3.23. The molecular formula is C12H23NO2. The van der Waals surface area contributed by atoms with E-state index in [1.165, 1.54) is 0 Å². The smallest absolute Gasteiger partial charge is 0.307 e. The van der Waals surface area contributed by atoms with Crippen molar-refractivity contribution in [1.82, 2.24) is 5.32 Å². The molecule has 15 heavy (non-hydrogen) atoms. The highest BCUT2D eigenvalue weighted by molar-refractivity contribution is 5.70. The van der Waals surface area contributed by atoms with E-state index in [1.54, 1.807) is 0 Å². The molecule has 0 saturated carbocycles. The first kappa shape index (κ1) is 14.2. The number of ether oxygens (including phenoxy) is 1. The summed E-state index contributed by atoms with van der Waals surface area (Å²) in [5.41, 5.74) is -0.385. The fraction of sp³-hybridized carbons (Fsp3) is 0.750. The average Bonchev–Trinajstić information content (AvgIpc) is 2.00. The molecule has 0 bridgehead atoms. The molecule has 3 nitrogen and oxygen atoms in total. The number of esters is 1. The Morgan fingerprint density at radius 1 is 1.53 bits per heavy atom. The lowest BCUT2D eigenvalue weighted by Gasteiger charge is -2.19. The molecule has 0 aromatic heterocycles. The molecular weight excluding hydrogens is 190 g/mol. The first-order valence-electron chi connectivity index (χ1n) is 5.41. The number of hydrogen-bond acceptors (Lipinski definition) is 3. The maximum Gasteiger partial charge on any atom is 0.307 e. The zero-order valence-electron chi connectivity index (χ0n) is 10.3. The van der Waals surface area contributed by atoms with E-state index < -0.39 is 0 Å². The molecule has 0 aliphatic carbocycles. The maximum atomic E-state index is 11.3. The molecule has 0 aromatic carbocycles. The third-order valence-corrected chi connectivity index (χ3v) is 1.76. The molecule has 0 aliphatic heterocycles. The zero-order chi connectivity index (χ0) is 11.9. The Bertz CT molecular complexity index is 206. The van der Waals surface area contributed by atoms with E-state index in [9.17, 15) is 4.79 Å². The molecule has 0 rings (SSSR count). The summed E-state index contributed by atoms with van der Waals surface area (Å²) in [5.74, 6) is -0.152. The minimum atomic E-state index is -0.385. The second-order valence-corrected chi connectivity index (χ2v) is 4.72. The van der Waals surface area contributed by atoms with Gasteiger partial charge in [-0.1, -0.05) is 6.08 Å². The van der Waals surface area contributed by atoms with Gasteiger partial charge in [-0.15, -0.1) is 6.58 Å². The van der Waals surface area contributed by atoms with Crippen LogP contribution in [0.15, 0.2) is 12.7 Å². The lowest BCUT2D eigenvalue weighted by atomic mass is 10.2. The Labute approximate surface area is 92.9 Å². The second-order valence-electron chi connectivity index (χ2n) is 4.72. The molecule has 1 N–H and O–H groups in total. The van der Waals surface area contributed by atoms with Crippen molar-refractivity contribution in [3.63, 3.8) is 0 Å². The van der Waals surface area contributed by atoms with Crippen LogP contribution in [0, 0.1) is 0 Å². The van der Waals surface area contributed by atoms with Crippen molar-refractivity contribution in [2.24, 2.45) is 0 Å². The van der Waals surface area contributed by atoms with E-state index in [0.29, 0.717) is 19.0 Å². The van der Waals surface area contributed by atoms with Gasteiger partial charge in [-0.3, -0.25) is 4.79 Å². The van der Waals surface area contributed by atoms with E-state index in [-0.39, 0.29) is 11.6 Å². The van der Waals surface area contributed by atoms with Gasteiger partial charge in [-0.25, -0.2) is 0 Å². The Balaban J connectivity index is 3.59. The maximum absolute atomic E-state index is 11.3. The first-order valence-corrected chi connectivity index (χ1v) is 5.41. The van der Waals surface area contributed by atoms with Crippen LogP contribution < -0.4 is 5.32 Å². The quantitative estimate of drug-likeness (QED) is 0.543. The molecule has 0 spiro atoms. The van der Waals surface area contributed by atoms with Crippen LogP contribution in [0.2, 0.25) is 0 Å². The third-order valence-electron chi connectivity index (χ3n) is 1.76. The highest BCUT2D eigenvalue weighted by Crippen LogP contribution is 2.07. The Kier molecular flexibility index (Phi) is 6.25. The van der Waals surface area contributed by atoms with E-state index >= 15 is 0 Å². The Morgan fingerprint density at radius 3 is 2.60 bits per heavy atom. The minimum Gasteiger partial charge on any atom is -0.460 e. The molecule has 0 radical (unpaired) electrons. The monoisotopic (exact) mass is 213 g/mol. The Morgan fingerprint density at radius 2 is 2.13 bits per heavy atom. The summed E-state index contributed by atoms with van der Waals surface area (Å²) in [6.45, 7) is 12.0. The minimum absolute atomic E-state index is 0.152. The number of nitrogens with one attached hydrogen (secondary N) is 1. The number of carbonyl (C=O) groups is 1. The fourth-order valence-corrected chi connectivity index (χ4v) is 1.15. The predicted molar refractivity (Wildman–Crippen MR) is 62.7 cm³/mol. The highest BCUT2D eigenvalue weighted by atomic mass is 16.6. The van der Waals surface area contributed by atoms with Crippen LogP contribution in [0.25, 0.3) is 0 Å². The van der Waals surface area contributed by atoms with Gasteiger partial charge in [-0.2, -0.15) is 0 Å². The van der Waals surface area contributed by atoms with Gasteiger partial charge in [0, 0.05) is 12.6 Å². The summed E-state index contributed by atoms with van der Waals surface area (Å²) in [6.07, 6.45) is 3.19. The van der Waals surface area contributed by atoms with E-state index in [4.69, 9.17) is 4.74 Å². The van der Waals surface area contributed by atoms with Gasteiger partial charge in [0.15, 0.2) is 0 Å². The molecule has 3 heteroatoms. The molecule has 1 atom stereocenters. The van der Waals surface area contributed by atoms with Crippen LogP contribution in [0.3, 0.4) is 0 Å². The molecule has 88 valence electrons. The molecule has 0 aliphatic rings. The normalized spacial score (nSPS) is 13.3. The fourth-order valence-electron chi connectivity index (χ4n) is 1.15. The van der Waals surface area contributed by atoms with Crippen molar-refractivity contribution >= 4 is 5.97 Å². The standard InChI is InChI=1S/C12H23NO2/c1-6-7-10(2)13-9-8-11(14)15-12(3,4)5/h6,10,13H,1,7-9H2,2-5H3. The van der Waals surface area contributed by atoms with Crippen molar-refractivity contribution < 1.29 is 9.53 Å². The lowest BCUT2D eigenvalue weighted by molar-refractivity contribution is -0.154.